The minimum atomic E-state index is 0.260. The first-order chi connectivity index (χ1) is 13.3. The van der Waals surface area contributed by atoms with Crippen molar-refractivity contribution in [3.05, 3.63) is 65.7 Å². The van der Waals surface area contributed by atoms with Crippen molar-refractivity contribution in [3.63, 3.8) is 0 Å². The van der Waals surface area contributed by atoms with Gasteiger partial charge in [0.25, 0.3) is 0 Å². The van der Waals surface area contributed by atoms with Gasteiger partial charge in [-0.05, 0) is 48.4 Å². The summed E-state index contributed by atoms with van der Waals surface area (Å²) in [5.41, 5.74) is 5.08. The smallest absolute Gasteiger partial charge is 0.231 e. The lowest BCUT2D eigenvalue weighted by Crippen LogP contribution is -1.97. The molecule has 2 aromatic heterocycles. The molecule has 0 saturated carbocycles. The van der Waals surface area contributed by atoms with E-state index in [1.165, 1.54) is 11.1 Å². The van der Waals surface area contributed by atoms with Gasteiger partial charge in [-0.15, -0.1) is 10.2 Å². The Kier molecular flexibility index (Phi) is 3.94. The minimum absolute atomic E-state index is 0.260. The van der Waals surface area contributed by atoms with Gasteiger partial charge in [-0.3, -0.25) is 0 Å². The number of benzene rings is 2. The van der Waals surface area contributed by atoms with Crippen molar-refractivity contribution in [3.8, 4) is 22.8 Å². The third-order valence-electron chi connectivity index (χ3n) is 4.52. The second-order valence-corrected chi connectivity index (χ2v) is 7.20. The van der Waals surface area contributed by atoms with Crippen molar-refractivity contribution < 1.29 is 9.47 Å². The first kappa shape index (κ1) is 16.1. The third-order valence-corrected chi connectivity index (χ3v) is 5.49. The quantitative estimate of drug-likeness (QED) is 0.499. The van der Waals surface area contributed by atoms with Crippen LogP contribution in [0.1, 0.15) is 11.1 Å². The third kappa shape index (κ3) is 3.00. The van der Waals surface area contributed by atoms with Crippen molar-refractivity contribution >= 4 is 17.4 Å². The fraction of sp³-hybridized carbons (Fsp3) is 0.150. The Balaban J connectivity index is 1.46. The number of hydrogen-bond donors (Lipinski definition) is 0. The highest BCUT2D eigenvalue weighted by atomic mass is 32.2. The molecular formula is C20H16N4O2S. The highest BCUT2D eigenvalue weighted by molar-refractivity contribution is 7.98. The maximum atomic E-state index is 5.47. The van der Waals surface area contributed by atoms with Gasteiger partial charge in [0.1, 0.15) is 0 Å². The van der Waals surface area contributed by atoms with Crippen LogP contribution in [0.5, 0.6) is 11.5 Å². The molecule has 7 heteroatoms. The van der Waals surface area contributed by atoms with E-state index in [0.29, 0.717) is 0 Å². The van der Waals surface area contributed by atoms with Crippen LogP contribution in [-0.2, 0) is 5.75 Å². The summed E-state index contributed by atoms with van der Waals surface area (Å²) in [6.45, 7) is 2.38. The number of hydrogen-bond acceptors (Lipinski definition) is 6. The van der Waals surface area contributed by atoms with Gasteiger partial charge in [-0.25, -0.2) is 0 Å². The molecule has 0 amide bonds. The summed E-state index contributed by atoms with van der Waals surface area (Å²) in [7, 11) is 0. The molecule has 27 heavy (non-hydrogen) atoms. The molecule has 5 rings (SSSR count). The van der Waals surface area contributed by atoms with Crippen LogP contribution in [0.15, 0.2) is 59.8 Å². The number of fused-ring (bicyclic) bond motifs is 2. The molecule has 0 radical (unpaired) electrons. The second-order valence-electron chi connectivity index (χ2n) is 6.25. The van der Waals surface area contributed by atoms with Crippen molar-refractivity contribution in [1.29, 1.82) is 0 Å². The van der Waals surface area contributed by atoms with Gasteiger partial charge < -0.3 is 9.47 Å². The van der Waals surface area contributed by atoms with Crippen LogP contribution >= 0.6 is 11.8 Å². The first-order valence-electron chi connectivity index (χ1n) is 8.58. The lowest BCUT2D eigenvalue weighted by molar-refractivity contribution is 0.174. The summed E-state index contributed by atoms with van der Waals surface area (Å²) in [5, 5.41) is 14.0. The molecule has 0 bridgehead atoms. The molecular weight excluding hydrogens is 360 g/mol. The largest absolute Gasteiger partial charge is 0.454 e. The van der Waals surface area contributed by atoms with E-state index >= 15 is 0 Å². The maximum absolute atomic E-state index is 5.47. The van der Waals surface area contributed by atoms with Gasteiger partial charge in [0.2, 0.25) is 11.9 Å². The van der Waals surface area contributed by atoms with Crippen molar-refractivity contribution in [1.82, 2.24) is 19.8 Å². The molecule has 2 aromatic carbocycles. The number of rotatable bonds is 4. The summed E-state index contributed by atoms with van der Waals surface area (Å²) in [6.07, 6.45) is 0. The molecule has 4 aromatic rings. The number of thioether (sulfide) groups is 1. The molecule has 0 N–H and O–H groups in total. The molecule has 0 saturated heterocycles. The molecule has 0 fully saturated rings. The van der Waals surface area contributed by atoms with Crippen LogP contribution in [0.3, 0.4) is 0 Å². The van der Waals surface area contributed by atoms with Crippen LogP contribution in [0.25, 0.3) is 16.9 Å². The molecule has 6 nitrogen and oxygen atoms in total. The highest BCUT2D eigenvalue weighted by Crippen LogP contribution is 2.35. The predicted molar refractivity (Wildman–Crippen MR) is 103 cm³/mol. The molecule has 0 spiro atoms. The Bertz CT molecular complexity index is 1140. The number of aryl methyl sites for hydroxylation is 1. The number of aromatic nitrogens is 4. The zero-order chi connectivity index (χ0) is 18.2. The van der Waals surface area contributed by atoms with Gasteiger partial charge in [0, 0.05) is 11.3 Å². The van der Waals surface area contributed by atoms with Gasteiger partial charge in [-0.1, -0.05) is 36.0 Å². The monoisotopic (exact) mass is 376 g/mol. The van der Waals surface area contributed by atoms with Crippen molar-refractivity contribution in [2.24, 2.45) is 0 Å². The Morgan fingerprint density at radius 2 is 1.89 bits per heavy atom. The fourth-order valence-corrected chi connectivity index (χ4v) is 3.95. The van der Waals surface area contributed by atoms with Crippen LogP contribution in [-0.4, -0.2) is 26.6 Å². The van der Waals surface area contributed by atoms with Gasteiger partial charge in [0.15, 0.2) is 17.1 Å². The Morgan fingerprint density at radius 1 is 1.00 bits per heavy atom. The zero-order valence-electron chi connectivity index (χ0n) is 14.6. The molecule has 134 valence electrons. The van der Waals surface area contributed by atoms with E-state index in [9.17, 15) is 0 Å². The zero-order valence-corrected chi connectivity index (χ0v) is 15.4. The van der Waals surface area contributed by atoms with Gasteiger partial charge in [-0.2, -0.15) is 9.61 Å². The Hall–Kier alpha value is -3.06. The molecule has 0 atom stereocenters. The Morgan fingerprint density at radius 3 is 2.81 bits per heavy atom. The highest BCUT2D eigenvalue weighted by Gasteiger charge is 2.15. The van der Waals surface area contributed by atoms with E-state index < -0.39 is 0 Å². The van der Waals surface area contributed by atoms with Crippen molar-refractivity contribution in [2.45, 2.75) is 17.8 Å². The average Bonchev–Trinajstić information content (AvgIpc) is 3.33. The van der Waals surface area contributed by atoms with Crippen LogP contribution in [0.2, 0.25) is 0 Å². The summed E-state index contributed by atoms with van der Waals surface area (Å²) in [4.78, 5) is 0. The molecule has 0 unspecified atom stereocenters. The normalized spacial score (nSPS) is 12.6. The SMILES string of the molecule is Cc1ccccc1CSc1nnc2ccc(-c3ccc4c(c3)OCO4)nn12. The van der Waals surface area contributed by atoms with Crippen LogP contribution < -0.4 is 9.47 Å². The molecule has 1 aliphatic heterocycles. The molecule has 3 heterocycles. The fourth-order valence-electron chi connectivity index (χ4n) is 2.98. The van der Waals surface area contributed by atoms with Crippen molar-refractivity contribution in [2.75, 3.05) is 6.79 Å². The number of nitrogens with zero attached hydrogens (tertiary/aromatic N) is 4. The summed E-state index contributed by atoms with van der Waals surface area (Å²) < 4.78 is 12.6. The maximum Gasteiger partial charge on any atom is 0.231 e. The average molecular weight is 376 g/mol. The van der Waals surface area contributed by atoms with E-state index in [0.717, 1.165) is 39.3 Å². The summed E-state index contributed by atoms with van der Waals surface area (Å²) in [6, 6.07) is 18.1. The lowest BCUT2D eigenvalue weighted by Gasteiger charge is -2.05. The van der Waals surface area contributed by atoms with E-state index in [4.69, 9.17) is 14.6 Å². The lowest BCUT2D eigenvalue weighted by atomic mass is 10.1. The molecule has 0 aliphatic carbocycles. The predicted octanol–water partition coefficient (Wildman–Crippen LogP) is 4.12. The summed E-state index contributed by atoms with van der Waals surface area (Å²) in [5.74, 6) is 2.33. The van der Waals surface area contributed by atoms with E-state index in [2.05, 4.69) is 41.4 Å². The molecule has 1 aliphatic rings. The Labute approximate surface area is 160 Å². The van der Waals surface area contributed by atoms with Gasteiger partial charge in [0.05, 0.1) is 5.69 Å². The minimum Gasteiger partial charge on any atom is -0.454 e. The van der Waals surface area contributed by atoms with E-state index in [1.807, 2.05) is 30.3 Å². The van der Waals surface area contributed by atoms with Crippen LogP contribution in [0, 0.1) is 6.92 Å². The van der Waals surface area contributed by atoms with Crippen LogP contribution in [0.4, 0.5) is 0 Å². The van der Waals surface area contributed by atoms with Gasteiger partial charge >= 0.3 is 0 Å². The summed E-state index contributed by atoms with van der Waals surface area (Å²) >= 11 is 1.63. The first-order valence-corrected chi connectivity index (χ1v) is 9.56. The van der Waals surface area contributed by atoms with E-state index in [-0.39, 0.29) is 6.79 Å². The second kappa shape index (κ2) is 6.59. The topological polar surface area (TPSA) is 61.5 Å². The standard InChI is InChI=1S/C20H16N4O2S/c1-13-4-2-3-5-15(13)11-27-20-22-21-19-9-7-16(23-24(19)20)14-6-8-17-18(10-14)26-12-25-17/h2-10H,11-12H2,1H3. The van der Waals surface area contributed by atoms with E-state index in [1.54, 1.807) is 16.3 Å². The number of ether oxygens (including phenoxy) is 2.